The number of phenolic OH excluding ortho intramolecular Hbond substituents is 4. The van der Waals surface area contributed by atoms with Crippen LogP contribution >= 0.6 is 0 Å². The maximum Gasteiger partial charge on any atom is 0.299 e. The molecule has 0 atom stereocenters. The number of aryl methyl sites for hydroxylation is 1. The van der Waals surface area contributed by atoms with Crippen molar-refractivity contribution in [2.45, 2.75) is 52.5 Å². The van der Waals surface area contributed by atoms with Gasteiger partial charge in [-0.15, -0.1) is 46.0 Å². The van der Waals surface area contributed by atoms with E-state index in [1.54, 1.807) is 30.3 Å². The Morgan fingerprint density at radius 2 is 0.772 bits per heavy atom. The number of nitrogens with one attached hydrogen (secondary N) is 1. The Labute approximate surface area is 641 Å². The van der Waals surface area contributed by atoms with Crippen molar-refractivity contribution in [3.8, 4) is 28.7 Å². The van der Waals surface area contributed by atoms with Gasteiger partial charge in [0.2, 0.25) is 0 Å². The Hall–Kier alpha value is -11.6. The highest BCUT2D eigenvalue weighted by molar-refractivity contribution is 7.88. The van der Waals surface area contributed by atoms with Gasteiger partial charge in [0.15, 0.2) is 27.8 Å². The molecule has 11 aromatic rings. The van der Waals surface area contributed by atoms with E-state index >= 15 is 0 Å². The summed E-state index contributed by atoms with van der Waals surface area (Å²) in [5, 5.41) is 81.6. The number of benzene rings is 11. The van der Waals surface area contributed by atoms with E-state index in [0.717, 1.165) is 54.6 Å². The van der Waals surface area contributed by atoms with Gasteiger partial charge in [-0.1, -0.05) is 30.3 Å². The van der Waals surface area contributed by atoms with Gasteiger partial charge in [0.25, 0.3) is 91.1 Å². The minimum atomic E-state index is -6.05. The highest BCUT2D eigenvalue weighted by Crippen LogP contribution is 2.53. The number of aromatic hydroxyl groups is 4. The van der Waals surface area contributed by atoms with Gasteiger partial charge in [0.05, 0.1) is 38.9 Å². The van der Waals surface area contributed by atoms with Crippen LogP contribution in [0.1, 0.15) is 12.0 Å². The van der Waals surface area contributed by atoms with Crippen molar-refractivity contribution in [2.75, 3.05) is 17.7 Å². The van der Waals surface area contributed by atoms with Crippen LogP contribution in [-0.4, -0.2) is 150 Å². The molecular formula is C62H47N11O32S9. The van der Waals surface area contributed by atoms with Crippen molar-refractivity contribution in [1.29, 1.82) is 0 Å². The second-order valence-corrected chi connectivity index (χ2v) is 36.3. The van der Waals surface area contributed by atoms with Gasteiger partial charge in [0.1, 0.15) is 75.8 Å². The monoisotopic (exact) mass is 1740 g/mol. The van der Waals surface area contributed by atoms with Gasteiger partial charge >= 0.3 is 0 Å². The van der Waals surface area contributed by atoms with Crippen molar-refractivity contribution >= 4 is 202 Å². The summed E-state index contributed by atoms with van der Waals surface area (Å²) in [4.78, 5) is -10.5. The zero-order chi connectivity index (χ0) is 83.7. The Morgan fingerprint density at radius 1 is 0.333 bits per heavy atom. The van der Waals surface area contributed by atoms with Crippen LogP contribution in [0.2, 0.25) is 0 Å². The van der Waals surface area contributed by atoms with Gasteiger partial charge in [-0.3, -0.25) is 41.0 Å². The molecule has 0 heterocycles. The highest BCUT2D eigenvalue weighted by atomic mass is 32.3. The van der Waals surface area contributed by atoms with E-state index in [0.29, 0.717) is 48.2 Å². The zero-order valence-corrected chi connectivity index (χ0v) is 63.5. The third kappa shape index (κ3) is 17.9. The van der Waals surface area contributed by atoms with Crippen molar-refractivity contribution in [3.05, 3.63) is 151 Å². The first-order valence-corrected chi connectivity index (χ1v) is 43.7. The number of fused-ring (bicyclic) bond motifs is 4. The van der Waals surface area contributed by atoms with Crippen LogP contribution in [0.5, 0.6) is 28.7 Å². The zero-order valence-electron chi connectivity index (χ0n) is 56.2. The number of anilines is 2. The van der Waals surface area contributed by atoms with E-state index in [-0.39, 0.29) is 23.0 Å². The lowest BCUT2D eigenvalue weighted by molar-refractivity contribution is 0.317. The van der Waals surface area contributed by atoms with E-state index in [1.165, 1.54) is 19.1 Å². The van der Waals surface area contributed by atoms with Gasteiger partial charge in [0, 0.05) is 55.8 Å². The predicted octanol–water partition coefficient (Wildman–Crippen LogP) is 12.9. The van der Waals surface area contributed by atoms with Crippen LogP contribution in [0.15, 0.2) is 236 Å². The Balaban J connectivity index is 1.07. The molecule has 0 bridgehead atoms. The van der Waals surface area contributed by atoms with Crippen LogP contribution in [0, 0.1) is 6.92 Å². The first kappa shape index (κ1) is 83.4. The molecule has 0 saturated carbocycles. The molecule has 52 heteroatoms. The van der Waals surface area contributed by atoms with Crippen molar-refractivity contribution < 1.29 is 142 Å². The number of rotatable bonds is 25. The lowest BCUT2D eigenvalue weighted by Gasteiger charge is -2.15. The minimum absolute atomic E-state index is 0.0128. The van der Waals surface area contributed by atoms with Gasteiger partial charge in [-0.2, -0.15) is 80.9 Å². The normalized spacial score (nSPS) is 13.4. The first-order valence-electron chi connectivity index (χ1n) is 30.6. The molecule has 0 saturated heterocycles. The molecule has 0 spiro atoms. The molecule has 0 aromatic heterocycles. The fourth-order valence-electron chi connectivity index (χ4n) is 11.1. The number of azo groups is 5. The molecule has 0 aliphatic heterocycles. The number of para-hydroxylation sites is 1. The fraction of sp³-hybridized carbons (Fsp3) is 0.0645. The van der Waals surface area contributed by atoms with Crippen molar-refractivity contribution in [3.63, 3.8) is 0 Å². The molecule has 0 aliphatic rings. The van der Waals surface area contributed by atoms with Crippen LogP contribution in [0.4, 0.5) is 68.2 Å². The predicted molar refractivity (Wildman–Crippen MR) is 396 cm³/mol. The van der Waals surface area contributed by atoms with Gasteiger partial charge < -0.3 is 30.5 Å². The smallest absolute Gasteiger partial charge is 0.299 e. The molecule has 43 nitrogen and oxygen atoms in total. The van der Waals surface area contributed by atoms with Gasteiger partial charge in [-0.25, -0.2) is 0 Å². The number of phenols is 4. The van der Waals surface area contributed by atoms with Gasteiger partial charge in [-0.05, 0) is 127 Å². The first-order chi connectivity index (χ1) is 52.8. The fourth-order valence-corrected chi connectivity index (χ4v) is 17.0. The van der Waals surface area contributed by atoms with E-state index in [4.69, 9.17) is 4.74 Å². The Kier molecular flexibility index (Phi) is 22.2. The quantitative estimate of drug-likeness (QED) is 0.0144. The lowest BCUT2D eigenvalue weighted by Crippen LogP contribution is -2.08. The molecule has 14 N–H and O–H groups in total. The van der Waals surface area contributed by atoms with E-state index in [1.807, 2.05) is 0 Å². The summed E-state index contributed by atoms with van der Waals surface area (Å²) in [5.41, 5.74) is -8.98. The summed E-state index contributed by atoms with van der Waals surface area (Å²) in [7, 11) is -49.2. The van der Waals surface area contributed by atoms with E-state index in [2.05, 4.69) is 56.5 Å². The summed E-state index contributed by atoms with van der Waals surface area (Å²) in [6.07, 6.45) is -0.465. The van der Waals surface area contributed by atoms with Crippen LogP contribution in [0.25, 0.3) is 43.1 Å². The Bertz CT molecular complexity index is 7280. The second-order valence-electron chi connectivity index (χ2n) is 23.6. The molecule has 114 heavy (non-hydrogen) atoms. The third-order valence-electron chi connectivity index (χ3n) is 16.0. The maximum atomic E-state index is 13.9. The summed E-state index contributed by atoms with van der Waals surface area (Å²) < 4.78 is 329. The summed E-state index contributed by atoms with van der Waals surface area (Å²) in [6.45, 7) is 0.680. The van der Waals surface area contributed by atoms with Crippen LogP contribution < -0.4 is 10.1 Å². The molecule has 0 unspecified atom stereocenters. The summed E-state index contributed by atoms with van der Waals surface area (Å²) in [5.74, 6) is -6.33. The van der Waals surface area contributed by atoms with Crippen molar-refractivity contribution in [2.24, 2.45) is 51.1 Å². The number of hydrogen-bond donors (Lipinski definition) is 14. The highest BCUT2D eigenvalue weighted by Gasteiger charge is 2.34. The summed E-state index contributed by atoms with van der Waals surface area (Å²) >= 11 is 0. The molecule has 11 aromatic carbocycles. The standard InChI is InChI=1S/C62H47N11O32S9/c1-29-20-45(48(105-18-7-19-106(78,79)80)28-44(29)67-69-46-24-33(107(81,82)83)21-30-22-34(108(84,85)86)25-47(74)52(30)46)68-72-55-51(111(93,94)95)27-39-37(58(55)76)14-16-42(60(39)112(96,97)98)65-70-53-38-23-32(63-31-8-3-2-4-9-31)12-13-35(38)59(77)56(62(53)114(102,103)104)73-66-43-17-15-36-40(61(43)113(99,100)101)26-50(110(90,91)92)54(57(36)75)71-64-41-10-5-6-11-49(41)109(87,88)89/h2-6,8-17,20-28,63,74-77H,7,18-19H2,1H3,(H,78,79,80)(H,81,82,83)(H,84,85,86)(H,87,88,89)(H,90,91,92)(H,93,94,95)(H,96,97,98)(H,99,100,101)(H,102,103,104). The third-order valence-corrected chi connectivity index (χ3v) is 23.9. The maximum absolute atomic E-state index is 13.9. The van der Waals surface area contributed by atoms with E-state index < -0.39 is 272 Å². The molecule has 596 valence electrons. The molecule has 11 rings (SSSR count). The topological polar surface area (TPSA) is 715 Å². The number of hydrogen-bond acceptors (Lipinski definition) is 34. The minimum Gasteiger partial charge on any atom is -0.507 e. The van der Waals surface area contributed by atoms with E-state index in [9.17, 15) is 137 Å². The molecular weight excluding hydrogens is 1700 g/mol. The average Bonchev–Trinajstić information content (AvgIpc) is 0.750. The molecule has 0 radical (unpaired) electrons. The van der Waals surface area contributed by atoms with Crippen LogP contribution in [-0.2, 0) is 91.1 Å². The average molecular weight is 1750 g/mol. The number of nitrogens with zero attached hydrogens (tertiary/aromatic N) is 10. The molecule has 0 fully saturated rings. The lowest BCUT2D eigenvalue weighted by atomic mass is 10.0. The Morgan fingerprint density at radius 3 is 1.28 bits per heavy atom. The van der Waals surface area contributed by atoms with Crippen LogP contribution in [0.3, 0.4) is 0 Å². The summed E-state index contributed by atoms with van der Waals surface area (Å²) in [6, 6.07) is 23.4. The second kappa shape index (κ2) is 30.4. The largest absolute Gasteiger partial charge is 0.507 e. The number of ether oxygens (including phenoxy) is 1. The molecule has 0 amide bonds. The van der Waals surface area contributed by atoms with Crippen molar-refractivity contribution in [1.82, 2.24) is 0 Å². The molecule has 0 aliphatic carbocycles. The SMILES string of the molecule is Cc1cc(N=Nc2c(S(=O)(=O)O)cc3c(S(=O)(=O)O)c(N=Nc4c(S(=O)(=O)O)c(N=Nc5ccc6c(O)c(N=Nc7ccccc7S(=O)(=O)O)c(S(=O)(=O)O)cc6c5S(=O)(=O)O)c(O)c5ccc(Nc6ccccc6)cc45)ccc3c2O)c(OCCCS(=O)(=O)O)cc1N=Nc1cc(S(=O)(=O)O)cc2cc(S(=O)(=O)O)cc(O)c12.